The zero-order valence-electron chi connectivity index (χ0n) is 36.4. The van der Waals surface area contributed by atoms with E-state index in [1.807, 2.05) is 11.3 Å². The normalized spacial score (nSPS) is 12.6. The van der Waals surface area contributed by atoms with Gasteiger partial charge in [0.25, 0.3) is 0 Å². The molecule has 0 bridgehead atoms. The Morgan fingerprint density at radius 3 is 1.31 bits per heavy atom. The highest BCUT2D eigenvalue weighted by Gasteiger charge is 2.36. The van der Waals surface area contributed by atoms with Gasteiger partial charge in [0.15, 0.2) is 0 Å². The fraction of sp³-hybridized carbons (Fsp3) is 0.0476. The van der Waals surface area contributed by atoms with Crippen molar-refractivity contribution in [2.45, 2.75) is 19.3 Å². The summed E-state index contributed by atoms with van der Waals surface area (Å²) >= 11 is 1.88. The first kappa shape index (κ1) is 38.9. The Kier molecular flexibility index (Phi) is 9.44. The van der Waals surface area contributed by atoms with Crippen LogP contribution in [0.2, 0.25) is 0 Å². The van der Waals surface area contributed by atoms with Crippen molar-refractivity contribution in [2.24, 2.45) is 0 Å². The molecule has 1 aliphatic rings. The number of anilines is 3. The standard InChI is InChI=1S/C63H45NS/c1-63(2)59-40-50(43-14-7-4-8-15-43)32-38-55(59)56-39-37-53(41-60(56)63)64(51-33-28-47(29-34-51)45-22-20-44(21-23-45)42-12-5-3-6-13-42)52-35-30-48(31-36-52)46-24-26-49(27-25-46)54-17-11-18-58-57-16-9-10-19-61(57)65-62(54)58/h3-41H,1-2H3. The van der Waals surface area contributed by atoms with Gasteiger partial charge in [-0.1, -0.05) is 202 Å². The van der Waals surface area contributed by atoms with Crippen LogP contribution < -0.4 is 4.90 Å². The van der Waals surface area contributed by atoms with E-state index in [1.165, 1.54) is 98.1 Å². The summed E-state index contributed by atoms with van der Waals surface area (Å²) in [4.78, 5) is 2.41. The third-order valence-corrected chi connectivity index (χ3v) is 14.8. The van der Waals surface area contributed by atoms with Crippen LogP contribution in [-0.4, -0.2) is 0 Å². The van der Waals surface area contributed by atoms with Crippen LogP contribution in [0, 0.1) is 0 Å². The molecule has 1 nitrogen and oxygen atoms in total. The van der Waals surface area contributed by atoms with Crippen molar-refractivity contribution in [2.75, 3.05) is 4.90 Å². The molecule has 0 saturated heterocycles. The van der Waals surface area contributed by atoms with Crippen LogP contribution in [0.1, 0.15) is 25.0 Å². The second-order valence-electron chi connectivity index (χ2n) is 17.7. The number of hydrogen-bond donors (Lipinski definition) is 0. The Hall–Kier alpha value is -7.78. The summed E-state index contributed by atoms with van der Waals surface area (Å²) in [7, 11) is 0. The van der Waals surface area contributed by atoms with Crippen molar-refractivity contribution in [3.63, 3.8) is 0 Å². The van der Waals surface area contributed by atoms with E-state index in [9.17, 15) is 0 Å². The molecule has 1 aliphatic carbocycles. The number of hydrogen-bond acceptors (Lipinski definition) is 2. The number of rotatable bonds is 8. The van der Waals surface area contributed by atoms with Crippen LogP contribution >= 0.6 is 11.3 Å². The summed E-state index contributed by atoms with van der Waals surface area (Å²) in [6.07, 6.45) is 0. The fourth-order valence-electron chi connectivity index (χ4n) is 10.0. The highest BCUT2D eigenvalue weighted by atomic mass is 32.1. The van der Waals surface area contributed by atoms with Crippen molar-refractivity contribution in [1.82, 2.24) is 0 Å². The quantitative estimate of drug-likeness (QED) is 0.147. The minimum Gasteiger partial charge on any atom is -0.310 e. The maximum absolute atomic E-state index is 2.43. The lowest BCUT2D eigenvalue weighted by atomic mass is 9.81. The summed E-state index contributed by atoms with van der Waals surface area (Å²) in [6, 6.07) is 86.9. The molecule has 0 amide bonds. The molecule has 0 fully saturated rings. The van der Waals surface area contributed by atoms with Crippen molar-refractivity contribution >= 4 is 48.6 Å². The van der Waals surface area contributed by atoms with Gasteiger partial charge >= 0.3 is 0 Å². The first-order chi connectivity index (χ1) is 32.0. The Balaban J connectivity index is 0.894. The van der Waals surface area contributed by atoms with Crippen LogP contribution in [0.5, 0.6) is 0 Å². The van der Waals surface area contributed by atoms with E-state index >= 15 is 0 Å². The maximum Gasteiger partial charge on any atom is 0.0465 e. The first-order valence-corrected chi connectivity index (χ1v) is 23.3. The summed E-state index contributed by atoms with van der Waals surface area (Å²) in [5.41, 5.74) is 20.8. The van der Waals surface area contributed by atoms with Gasteiger partial charge in [0.2, 0.25) is 0 Å². The molecule has 0 atom stereocenters. The fourth-order valence-corrected chi connectivity index (χ4v) is 11.3. The molecule has 0 unspecified atom stereocenters. The predicted octanol–water partition coefficient (Wildman–Crippen LogP) is 18.2. The molecule has 10 aromatic carbocycles. The molecule has 12 rings (SSSR count). The smallest absolute Gasteiger partial charge is 0.0465 e. The second-order valence-corrected chi connectivity index (χ2v) is 18.8. The molecule has 2 heteroatoms. The monoisotopic (exact) mass is 847 g/mol. The lowest BCUT2D eigenvalue weighted by molar-refractivity contribution is 0.660. The minimum atomic E-state index is -0.175. The second kappa shape index (κ2) is 15.8. The molecule has 0 N–H and O–H groups in total. The van der Waals surface area contributed by atoms with E-state index in [1.54, 1.807) is 0 Å². The molecule has 1 aromatic heterocycles. The molecule has 0 aliphatic heterocycles. The third kappa shape index (κ3) is 6.86. The Labute approximate surface area is 385 Å². The Bertz CT molecular complexity index is 3510. The number of thiophene rings is 1. The summed E-state index contributed by atoms with van der Waals surface area (Å²) < 4.78 is 2.67. The summed E-state index contributed by atoms with van der Waals surface area (Å²) in [6.45, 7) is 4.75. The lowest BCUT2D eigenvalue weighted by Gasteiger charge is -2.28. The summed E-state index contributed by atoms with van der Waals surface area (Å²) in [5.74, 6) is 0. The van der Waals surface area contributed by atoms with Crippen molar-refractivity contribution in [1.29, 1.82) is 0 Å². The number of fused-ring (bicyclic) bond motifs is 6. The van der Waals surface area contributed by atoms with Crippen LogP contribution in [0.15, 0.2) is 237 Å². The molecule has 0 saturated carbocycles. The molecule has 0 radical (unpaired) electrons. The average Bonchev–Trinajstić information content (AvgIpc) is 3.86. The largest absolute Gasteiger partial charge is 0.310 e. The molecule has 0 spiro atoms. The molecule has 308 valence electrons. The zero-order valence-corrected chi connectivity index (χ0v) is 37.2. The Morgan fingerprint density at radius 1 is 0.308 bits per heavy atom. The third-order valence-electron chi connectivity index (χ3n) is 13.5. The van der Waals surface area contributed by atoms with Crippen molar-refractivity contribution < 1.29 is 0 Å². The highest BCUT2D eigenvalue weighted by molar-refractivity contribution is 7.26. The molecule has 11 aromatic rings. The van der Waals surface area contributed by atoms with Crippen LogP contribution in [0.4, 0.5) is 17.1 Å². The molecular weight excluding hydrogens is 803 g/mol. The van der Waals surface area contributed by atoms with Gasteiger partial charge in [-0.3, -0.25) is 0 Å². The van der Waals surface area contributed by atoms with E-state index in [0.717, 1.165) is 17.1 Å². The molecular formula is C63H45NS. The SMILES string of the molecule is CC1(C)c2cc(-c3ccccc3)ccc2-c2ccc(N(c3ccc(-c4ccc(-c5ccccc5)cc4)cc3)c3ccc(-c4ccc(-c5cccc6c5sc5ccccc56)cc4)cc3)cc21. The zero-order chi connectivity index (χ0) is 43.5. The van der Waals surface area contributed by atoms with Crippen LogP contribution in [-0.2, 0) is 5.41 Å². The predicted molar refractivity (Wildman–Crippen MR) is 279 cm³/mol. The Morgan fingerprint density at radius 2 is 0.723 bits per heavy atom. The summed E-state index contributed by atoms with van der Waals surface area (Å²) in [5, 5.41) is 2.66. The first-order valence-electron chi connectivity index (χ1n) is 22.5. The minimum absolute atomic E-state index is 0.175. The maximum atomic E-state index is 2.43. The van der Waals surface area contributed by atoms with E-state index in [-0.39, 0.29) is 5.41 Å². The van der Waals surface area contributed by atoms with Gasteiger partial charge in [0, 0.05) is 42.6 Å². The number of nitrogens with zero attached hydrogens (tertiary/aromatic N) is 1. The van der Waals surface area contributed by atoms with Gasteiger partial charge in [-0.15, -0.1) is 11.3 Å². The van der Waals surface area contributed by atoms with Gasteiger partial charge in [0.05, 0.1) is 0 Å². The molecule has 65 heavy (non-hydrogen) atoms. The van der Waals surface area contributed by atoms with Gasteiger partial charge in [-0.2, -0.15) is 0 Å². The van der Waals surface area contributed by atoms with Crippen LogP contribution in [0.25, 0.3) is 86.9 Å². The average molecular weight is 848 g/mol. The van der Waals surface area contributed by atoms with E-state index in [4.69, 9.17) is 0 Å². The number of benzene rings is 10. The van der Waals surface area contributed by atoms with Crippen LogP contribution in [0.3, 0.4) is 0 Å². The van der Waals surface area contributed by atoms with Gasteiger partial charge in [0.1, 0.15) is 0 Å². The lowest BCUT2D eigenvalue weighted by Crippen LogP contribution is -2.16. The van der Waals surface area contributed by atoms with E-state index in [0.29, 0.717) is 0 Å². The van der Waals surface area contributed by atoms with Crippen molar-refractivity contribution in [3.8, 4) is 66.8 Å². The van der Waals surface area contributed by atoms with E-state index < -0.39 is 0 Å². The van der Waals surface area contributed by atoms with Gasteiger partial charge < -0.3 is 4.90 Å². The van der Waals surface area contributed by atoms with Gasteiger partial charge in [-0.05, 0) is 126 Å². The van der Waals surface area contributed by atoms with Crippen molar-refractivity contribution in [3.05, 3.63) is 248 Å². The molecule has 1 heterocycles. The highest BCUT2D eigenvalue weighted by Crippen LogP contribution is 2.52. The van der Waals surface area contributed by atoms with Gasteiger partial charge in [-0.25, -0.2) is 0 Å². The van der Waals surface area contributed by atoms with E-state index in [2.05, 4.69) is 255 Å². The topological polar surface area (TPSA) is 3.24 Å².